The van der Waals surface area contributed by atoms with Crippen LogP contribution < -0.4 is 15.4 Å². The van der Waals surface area contributed by atoms with E-state index in [-0.39, 0.29) is 17.9 Å². The number of carbonyl (C=O) groups excluding carboxylic acids is 3. The minimum absolute atomic E-state index is 0.120. The van der Waals surface area contributed by atoms with Crippen LogP contribution in [0.15, 0.2) is 78.9 Å². The first kappa shape index (κ1) is 24.9. The Morgan fingerprint density at radius 3 is 2.03 bits per heavy atom. The van der Waals surface area contributed by atoms with Crippen molar-refractivity contribution >= 4 is 29.0 Å². The Kier molecular flexibility index (Phi) is 7.07. The van der Waals surface area contributed by atoms with Gasteiger partial charge in [-0.25, -0.2) is 0 Å². The van der Waals surface area contributed by atoms with Crippen molar-refractivity contribution in [3.63, 3.8) is 0 Å². The predicted molar refractivity (Wildman–Crippen MR) is 135 cm³/mol. The minimum Gasteiger partial charge on any atom is -0.504 e. The van der Waals surface area contributed by atoms with Gasteiger partial charge >= 0.3 is 0 Å². The second-order valence-electron chi connectivity index (χ2n) is 9.12. The molecule has 1 saturated carbocycles. The molecule has 8 nitrogen and oxygen atoms in total. The Hall–Kier alpha value is -4.17. The lowest BCUT2D eigenvalue weighted by Crippen LogP contribution is -2.56. The summed E-state index contributed by atoms with van der Waals surface area (Å²) in [6.45, 7) is 1.43. The monoisotopic (exact) mass is 488 g/mol. The first-order chi connectivity index (χ1) is 17.2. The van der Waals surface area contributed by atoms with E-state index in [1.54, 1.807) is 60.7 Å². The van der Waals surface area contributed by atoms with Crippen molar-refractivity contribution in [3.05, 3.63) is 84.4 Å². The Bertz CT molecular complexity index is 1260. The van der Waals surface area contributed by atoms with E-state index < -0.39 is 41.0 Å². The Morgan fingerprint density at radius 1 is 0.917 bits per heavy atom. The van der Waals surface area contributed by atoms with Gasteiger partial charge in [0.15, 0.2) is 11.5 Å². The number of aliphatic hydroxyl groups is 1. The van der Waals surface area contributed by atoms with Crippen LogP contribution in [0.5, 0.6) is 11.5 Å². The van der Waals surface area contributed by atoms with Crippen molar-refractivity contribution < 1.29 is 29.3 Å². The zero-order valence-corrected chi connectivity index (χ0v) is 20.0. The van der Waals surface area contributed by atoms with Gasteiger partial charge in [-0.3, -0.25) is 14.4 Å². The predicted octanol–water partition coefficient (Wildman–Crippen LogP) is 3.72. The number of para-hydroxylation sites is 2. The largest absolute Gasteiger partial charge is 0.504 e. The second-order valence-corrected chi connectivity index (χ2v) is 9.12. The summed E-state index contributed by atoms with van der Waals surface area (Å²) in [5.41, 5.74) is -0.322. The molecule has 4 unspecified atom stereocenters. The van der Waals surface area contributed by atoms with Gasteiger partial charge in [-0.15, -0.1) is 0 Å². The number of anilines is 2. The molecule has 4 atom stereocenters. The third-order valence-corrected chi connectivity index (χ3v) is 6.50. The Balaban J connectivity index is 1.81. The maximum absolute atomic E-state index is 13.6. The number of Topliss-reactive ketones (excluding diaryl/α,β-unsaturated/α-hetero) is 1. The molecule has 0 heterocycles. The number of aromatic hydroxyl groups is 1. The molecule has 4 N–H and O–H groups in total. The van der Waals surface area contributed by atoms with Crippen LogP contribution in [0.4, 0.5) is 11.4 Å². The zero-order valence-electron chi connectivity index (χ0n) is 20.0. The fraction of sp³-hybridized carbons (Fsp3) is 0.250. The summed E-state index contributed by atoms with van der Waals surface area (Å²) in [7, 11) is 1.38. The SMILES string of the molecule is COc1cc(C2C(C(=O)Nc3ccccc3)C(=O)CC(C)(O)C2C(=O)Nc2ccccc2)ccc1O. The van der Waals surface area contributed by atoms with E-state index in [9.17, 15) is 24.6 Å². The van der Waals surface area contributed by atoms with Crippen LogP contribution >= 0.6 is 0 Å². The highest BCUT2D eigenvalue weighted by Gasteiger charge is 2.56. The van der Waals surface area contributed by atoms with Crippen LogP contribution in [0.1, 0.15) is 24.8 Å². The highest BCUT2D eigenvalue weighted by Crippen LogP contribution is 2.47. The fourth-order valence-corrected chi connectivity index (χ4v) is 4.88. The first-order valence-corrected chi connectivity index (χ1v) is 11.5. The van der Waals surface area contributed by atoms with Crippen molar-refractivity contribution in [1.29, 1.82) is 0 Å². The molecular weight excluding hydrogens is 460 g/mol. The second kappa shape index (κ2) is 10.2. The third-order valence-electron chi connectivity index (χ3n) is 6.50. The maximum Gasteiger partial charge on any atom is 0.235 e. The van der Waals surface area contributed by atoms with Gasteiger partial charge < -0.3 is 25.6 Å². The molecule has 1 aliphatic rings. The zero-order chi connectivity index (χ0) is 25.9. The van der Waals surface area contributed by atoms with Crippen LogP contribution in [-0.4, -0.2) is 40.5 Å². The lowest BCUT2D eigenvalue weighted by molar-refractivity contribution is -0.150. The summed E-state index contributed by atoms with van der Waals surface area (Å²) < 4.78 is 5.24. The number of benzene rings is 3. The van der Waals surface area contributed by atoms with Gasteiger partial charge in [-0.2, -0.15) is 0 Å². The van der Waals surface area contributed by atoms with Gasteiger partial charge in [-0.1, -0.05) is 42.5 Å². The number of carbonyl (C=O) groups is 3. The molecule has 1 fully saturated rings. The molecule has 0 saturated heterocycles. The third kappa shape index (κ3) is 5.08. The molecule has 1 aliphatic carbocycles. The standard InChI is InChI=1S/C28H28N2O6/c1-28(35)16-21(32)24(26(33)29-18-9-5-3-6-10-18)23(17-13-14-20(31)22(15-17)36-2)25(28)27(34)30-19-11-7-4-8-12-19/h3-15,23-25,31,35H,16H2,1-2H3,(H,29,33)(H,30,34). The van der Waals surface area contributed by atoms with Crippen LogP contribution in [0.2, 0.25) is 0 Å². The average Bonchev–Trinajstić information content (AvgIpc) is 2.84. The van der Waals surface area contributed by atoms with Crippen molar-refractivity contribution in [2.75, 3.05) is 17.7 Å². The summed E-state index contributed by atoms with van der Waals surface area (Å²) in [6, 6.07) is 21.8. The lowest BCUT2D eigenvalue weighted by atomic mass is 9.61. The van der Waals surface area contributed by atoms with E-state index in [4.69, 9.17) is 4.74 Å². The number of hydrogen-bond donors (Lipinski definition) is 4. The van der Waals surface area contributed by atoms with E-state index in [1.807, 2.05) is 0 Å². The van der Waals surface area contributed by atoms with Crippen LogP contribution in [-0.2, 0) is 14.4 Å². The molecule has 2 amide bonds. The normalized spacial score (nSPS) is 23.5. The number of nitrogens with one attached hydrogen (secondary N) is 2. The maximum atomic E-state index is 13.6. The van der Waals surface area contributed by atoms with Gasteiger partial charge in [0.25, 0.3) is 0 Å². The summed E-state index contributed by atoms with van der Waals surface area (Å²) in [4.78, 5) is 40.5. The number of ether oxygens (including phenoxy) is 1. The van der Waals surface area contributed by atoms with Crippen molar-refractivity contribution in [3.8, 4) is 11.5 Å². The van der Waals surface area contributed by atoms with Crippen molar-refractivity contribution in [2.45, 2.75) is 24.9 Å². The van der Waals surface area contributed by atoms with Gasteiger partial charge in [0.05, 0.1) is 18.6 Å². The number of phenols is 1. The number of ketones is 1. The van der Waals surface area contributed by atoms with Gasteiger partial charge in [0.2, 0.25) is 11.8 Å². The Morgan fingerprint density at radius 2 is 1.47 bits per heavy atom. The molecule has 3 aromatic rings. The fourth-order valence-electron chi connectivity index (χ4n) is 4.88. The molecule has 3 aromatic carbocycles. The van der Waals surface area contributed by atoms with E-state index in [0.29, 0.717) is 16.9 Å². The number of amides is 2. The van der Waals surface area contributed by atoms with E-state index in [0.717, 1.165) is 0 Å². The number of phenolic OH excluding ortho intramolecular Hbond substituents is 1. The lowest BCUT2D eigenvalue weighted by Gasteiger charge is -2.44. The molecule has 0 aliphatic heterocycles. The van der Waals surface area contributed by atoms with E-state index in [1.165, 1.54) is 32.2 Å². The molecule has 0 bridgehead atoms. The van der Waals surface area contributed by atoms with Crippen molar-refractivity contribution in [1.82, 2.24) is 0 Å². The molecule has 0 aromatic heterocycles. The van der Waals surface area contributed by atoms with Crippen LogP contribution in [0.25, 0.3) is 0 Å². The Labute approximate surface area is 208 Å². The number of hydrogen-bond acceptors (Lipinski definition) is 6. The van der Waals surface area contributed by atoms with E-state index >= 15 is 0 Å². The smallest absolute Gasteiger partial charge is 0.235 e. The highest BCUT2D eigenvalue weighted by atomic mass is 16.5. The highest BCUT2D eigenvalue weighted by molar-refractivity contribution is 6.10. The average molecular weight is 489 g/mol. The summed E-state index contributed by atoms with van der Waals surface area (Å²) in [5, 5.41) is 27.1. The molecule has 186 valence electrons. The van der Waals surface area contributed by atoms with Gasteiger partial charge in [0, 0.05) is 23.7 Å². The van der Waals surface area contributed by atoms with E-state index in [2.05, 4.69) is 10.6 Å². The molecule has 4 rings (SSSR count). The van der Waals surface area contributed by atoms with Gasteiger partial charge in [0.1, 0.15) is 11.7 Å². The summed E-state index contributed by atoms with van der Waals surface area (Å²) in [5.74, 6) is -5.11. The van der Waals surface area contributed by atoms with Gasteiger partial charge in [-0.05, 0) is 48.9 Å². The molecule has 8 heteroatoms. The molecular formula is C28H28N2O6. The van der Waals surface area contributed by atoms with Crippen LogP contribution in [0, 0.1) is 11.8 Å². The quantitative estimate of drug-likeness (QED) is 0.392. The number of methoxy groups -OCH3 is 1. The summed E-state index contributed by atoms with van der Waals surface area (Å²) in [6.07, 6.45) is -0.377. The van der Waals surface area contributed by atoms with Crippen LogP contribution in [0.3, 0.4) is 0 Å². The van der Waals surface area contributed by atoms with Crippen molar-refractivity contribution in [2.24, 2.45) is 11.8 Å². The minimum atomic E-state index is -1.74. The molecule has 36 heavy (non-hydrogen) atoms. The topological polar surface area (TPSA) is 125 Å². The first-order valence-electron chi connectivity index (χ1n) is 11.5. The number of rotatable bonds is 6. The molecule has 0 spiro atoms. The summed E-state index contributed by atoms with van der Waals surface area (Å²) >= 11 is 0. The molecule has 0 radical (unpaired) electrons.